The Balaban J connectivity index is 1.12. The zero-order chi connectivity index (χ0) is 22.1. The van der Waals surface area contributed by atoms with Gasteiger partial charge in [0.1, 0.15) is 23.9 Å². The van der Waals surface area contributed by atoms with Crippen LogP contribution in [0.4, 0.5) is 9.18 Å². The van der Waals surface area contributed by atoms with Crippen molar-refractivity contribution in [3.63, 3.8) is 0 Å². The number of halogens is 1. The van der Waals surface area contributed by atoms with Crippen molar-refractivity contribution in [1.29, 1.82) is 0 Å². The Morgan fingerprint density at radius 2 is 1.88 bits per heavy atom. The molecular formula is C23H25FN4O3S. The minimum Gasteiger partial charge on any atom is -0.492 e. The molecule has 3 aromatic rings. The molecule has 2 bridgehead atoms. The Morgan fingerprint density at radius 1 is 1.16 bits per heavy atom. The number of thiazole rings is 1. The van der Waals surface area contributed by atoms with E-state index >= 15 is 0 Å². The van der Waals surface area contributed by atoms with Crippen molar-refractivity contribution >= 4 is 27.6 Å². The van der Waals surface area contributed by atoms with Gasteiger partial charge in [-0.1, -0.05) is 11.3 Å². The van der Waals surface area contributed by atoms with E-state index in [0.29, 0.717) is 35.2 Å². The Kier molecular flexibility index (Phi) is 5.84. The SMILES string of the molecule is NC(=O)NC1C[C@H]2CC[C@H](C1)N2CCOc1ccc(Oc2nc3cc(F)ccc3s2)cc1. The molecule has 2 aliphatic heterocycles. The van der Waals surface area contributed by atoms with Gasteiger partial charge in [-0.05, 0) is 62.1 Å². The minimum atomic E-state index is -0.435. The summed E-state index contributed by atoms with van der Waals surface area (Å²) < 4.78 is 26.0. The number of hydrogen-bond acceptors (Lipinski definition) is 6. The van der Waals surface area contributed by atoms with Gasteiger partial charge in [0.2, 0.25) is 0 Å². The van der Waals surface area contributed by atoms with Crippen LogP contribution in [0.5, 0.6) is 16.7 Å². The fourth-order valence-corrected chi connectivity index (χ4v) is 5.67. The zero-order valence-electron chi connectivity index (χ0n) is 17.5. The van der Waals surface area contributed by atoms with Crippen LogP contribution < -0.4 is 20.5 Å². The van der Waals surface area contributed by atoms with E-state index in [1.165, 1.54) is 23.5 Å². The van der Waals surface area contributed by atoms with Gasteiger partial charge in [-0.2, -0.15) is 0 Å². The predicted molar refractivity (Wildman–Crippen MR) is 121 cm³/mol. The van der Waals surface area contributed by atoms with Gasteiger partial charge in [0.15, 0.2) is 0 Å². The maximum atomic E-state index is 13.3. The van der Waals surface area contributed by atoms with Crippen LogP contribution in [0.3, 0.4) is 0 Å². The van der Waals surface area contributed by atoms with E-state index < -0.39 is 6.03 Å². The molecule has 2 atom stereocenters. The molecule has 3 N–H and O–H groups in total. The summed E-state index contributed by atoms with van der Waals surface area (Å²) in [5, 5.41) is 3.34. The lowest BCUT2D eigenvalue weighted by atomic mass is 9.97. The van der Waals surface area contributed by atoms with Crippen molar-refractivity contribution in [3.8, 4) is 16.7 Å². The number of amides is 2. The third-order valence-electron chi connectivity index (χ3n) is 6.21. The lowest BCUT2D eigenvalue weighted by Crippen LogP contribution is -2.52. The molecule has 1 aromatic heterocycles. The molecule has 0 unspecified atom stereocenters. The lowest BCUT2D eigenvalue weighted by Gasteiger charge is -2.38. The molecule has 0 spiro atoms. The quantitative estimate of drug-likeness (QED) is 0.554. The number of rotatable bonds is 7. The van der Waals surface area contributed by atoms with Gasteiger partial charge in [0, 0.05) is 30.7 Å². The Bertz CT molecular complexity index is 1090. The molecule has 2 aromatic carbocycles. The van der Waals surface area contributed by atoms with Crippen LogP contribution in [0.25, 0.3) is 10.2 Å². The molecule has 0 saturated carbocycles. The van der Waals surface area contributed by atoms with Gasteiger partial charge in [0.25, 0.3) is 5.19 Å². The maximum absolute atomic E-state index is 13.3. The van der Waals surface area contributed by atoms with Crippen molar-refractivity contribution in [3.05, 3.63) is 48.3 Å². The van der Waals surface area contributed by atoms with Crippen LogP contribution in [0.1, 0.15) is 25.7 Å². The number of primary amides is 1. The normalized spacial score (nSPS) is 22.7. The van der Waals surface area contributed by atoms with Crippen LogP contribution in [-0.2, 0) is 0 Å². The number of nitrogens with two attached hydrogens (primary N) is 1. The molecule has 5 rings (SSSR count). The number of carbonyl (C=O) groups excluding carboxylic acids is 1. The van der Waals surface area contributed by atoms with Gasteiger partial charge in [-0.15, -0.1) is 0 Å². The lowest BCUT2D eigenvalue weighted by molar-refractivity contribution is 0.1000. The van der Waals surface area contributed by atoms with Crippen LogP contribution >= 0.6 is 11.3 Å². The van der Waals surface area contributed by atoms with Crippen LogP contribution in [0, 0.1) is 5.82 Å². The summed E-state index contributed by atoms with van der Waals surface area (Å²) in [4.78, 5) is 18.0. The molecule has 0 aliphatic carbocycles. The summed E-state index contributed by atoms with van der Waals surface area (Å²) in [6.45, 7) is 1.46. The molecular weight excluding hydrogens is 431 g/mol. The number of nitrogens with one attached hydrogen (secondary N) is 1. The highest BCUT2D eigenvalue weighted by Gasteiger charge is 2.40. The van der Waals surface area contributed by atoms with E-state index in [4.69, 9.17) is 15.2 Å². The highest BCUT2D eigenvalue weighted by Crippen LogP contribution is 2.36. The fraction of sp³-hybridized carbons (Fsp3) is 0.391. The molecule has 2 aliphatic rings. The largest absolute Gasteiger partial charge is 0.492 e. The van der Waals surface area contributed by atoms with Gasteiger partial charge < -0.3 is 20.5 Å². The monoisotopic (exact) mass is 456 g/mol. The van der Waals surface area contributed by atoms with E-state index in [1.807, 2.05) is 24.3 Å². The summed E-state index contributed by atoms with van der Waals surface area (Å²) >= 11 is 1.38. The first-order valence-corrected chi connectivity index (χ1v) is 11.6. The van der Waals surface area contributed by atoms with Crippen molar-refractivity contribution in [2.45, 2.75) is 43.8 Å². The second-order valence-electron chi connectivity index (χ2n) is 8.31. The van der Waals surface area contributed by atoms with Gasteiger partial charge in [-0.3, -0.25) is 4.90 Å². The number of benzene rings is 2. The predicted octanol–water partition coefficient (Wildman–Crippen LogP) is 4.27. The topological polar surface area (TPSA) is 89.7 Å². The van der Waals surface area contributed by atoms with E-state index in [2.05, 4.69) is 15.2 Å². The van der Waals surface area contributed by atoms with Crippen molar-refractivity contribution in [2.24, 2.45) is 5.73 Å². The zero-order valence-corrected chi connectivity index (χ0v) is 18.3. The standard InChI is InChI=1S/C23H25FN4O3S/c24-14-1-8-21-20(11-14)27-23(32-21)31-19-6-4-18(5-7-19)30-10-9-28-16-2-3-17(28)13-15(12-16)26-22(25)29/h1,4-8,11,15-17H,2-3,9-10,12-13H2,(H3,25,26,29)/t16-,17-/m1/s1. The number of hydrogen-bond donors (Lipinski definition) is 2. The van der Waals surface area contributed by atoms with Crippen LogP contribution in [0.2, 0.25) is 0 Å². The Hall–Kier alpha value is -2.91. The third-order valence-corrected chi connectivity index (χ3v) is 7.12. The average molecular weight is 457 g/mol. The van der Waals surface area contributed by atoms with E-state index in [-0.39, 0.29) is 11.9 Å². The smallest absolute Gasteiger partial charge is 0.312 e. The molecule has 7 nitrogen and oxygen atoms in total. The molecule has 2 fully saturated rings. The third kappa shape index (κ3) is 4.63. The fourth-order valence-electron chi connectivity index (χ4n) is 4.86. The van der Waals surface area contributed by atoms with Gasteiger partial charge in [-0.25, -0.2) is 14.2 Å². The number of ether oxygens (including phenoxy) is 2. The summed E-state index contributed by atoms with van der Waals surface area (Å²) in [5.74, 6) is 1.12. The number of fused-ring (bicyclic) bond motifs is 3. The van der Waals surface area contributed by atoms with Crippen molar-refractivity contribution < 1.29 is 18.7 Å². The number of aromatic nitrogens is 1. The molecule has 0 radical (unpaired) electrons. The van der Waals surface area contributed by atoms with Crippen LogP contribution in [-0.4, -0.2) is 47.2 Å². The minimum absolute atomic E-state index is 0.184. The number of piperidine rings is 1. The number of carbonyl (C=O) groups is 1. The molecule has 168 valence electrons. The summed E-state index contributed by atoms with van der Waals surface area (Å²) in [6.07, 6.45) is 4.21. The summed E-state index contributed by atoms with van der Waals surface area (Å²) in [6, 6.07) is 12.7. The molecule has 3 heterocycles. The first-order valence-electron chi connectivity index (χ1n) is 10.8. The van der Waals surface area contributed by atoms with Crippen molar-refractivity contribution in [1.82, 2.24) is 15.2 Å². The highest BCUT2D eigenvalue weighted by molar-refractivity contribution is 7.20. The van der Waals surface area contributed by atoms with Crippen LogP contribution in [0.15, 0.2) is 42.5 Å². The first-order chi connectivity index (χ1) is 15.5. The van der Waals surface area contributed by atoms with Gasteiger partial charge >= 0.3 is 6.03 Å². The molecule has 2 saturated heterocycles. The van der Waals surface area contributed by atoms with E-state index in [0.717, 1.165) is 42.7 Å². The van der Waals surface area contributed by atoms with Crippen molar-refractivity contribution in [2.75, 3.05) is 13.2 Å². The molecule has 2 amide bonds. The second kappa shape index (κ2) is 8.91. The second-order valence-corrected chi connectivity index (χ2v) is 9.31. The highest BCUT2D eigenvalue weighted by atomic mass is 32.1. The molecule has 32 heavy (non-hydrogen) atoms. The Morgan fingerprint density at radius 3 is 2.59 bits per heavy atom. The average Bonchev–Trinajstić information content (AvgIpc) is 3.25. The van der Waals surface area contributed by atoms with E-state index in [9.17, 15) is 9.18 Å². The summed E-state index contributed by atoms with van der Waals surface area (Å²) in [5.41, 5.74) is 5.87. The Labute approximate surface area is 189 Å². The molecule has 9 heteroatoms. The number of urea groups is 1. The first kappa shape index (κ1) is 21.0. The van der Waals surface area contributed by atoms with E-state index in [1.54, 1.807) is 6.07 Å². The van der Waals surface area contributed by atoms with Gasteiger partial charge in [0.05, 0.1) is 10.2 Å². The number of nitrogens with zero attached hydrogens (tertiary/aromatic N) is 2. The maximum Gasteiger partial charge on any atom is 0.312 e. The summed E-state index contributed by atoms with van der Waals surface area (Å²) in [7, 11) is 0.